The molecule has 3 rings (SSSR count). The minimum Gasteiger partial charge on any atom is -0.319 e. The third-order valence-electron chi connectivity index (χ3n) is 4.34. The van der Waals surface area contributed by atoms with Crippen molar-refractivity contribution in [3.05, 3.63) is 35.4 Å². The zero-order chi connectivity index (χ0) is 15.7. The van der Waals surface area contributed by atoms with Crippen LogP contribution < -0.4 is 10.8 Å². The van der Waals surface area contributed by atoms with E-state index in [1.54, 1.807) is 0 Å². The first kappa shape index (κ1) is 14.5. The van der Waals surface area contributed by atoms with Crippen molar-refractivity contribution in [2.45, 2.75) is 31.2 Å². The van der Waals surface area contributed by atoms with Crippen molar-refractivity contribution in [2.24, 2.45) is 0 Å². The van der Waals surface area contributed by atoms with Gasteiger partial charge in [0.05, 0.1) is 0 Å². The van der Waals surface area contributed by atoms with Crippen molar-refractivity contribution in [1.82, 2.24) is 15.7 Å². The molecule has 1 atom stereocenters. The molecule has 22 heavy (non-hydrogen) atoms. The quantitative estimate of drug-likeness (QED) is 0.434. The zero-order valence-electron chi connectivity index (χ0n) is 12.0. The van der Waals surface area contributed by atoms with Crippen LogP contribution in [0.25, 0.3) is 0 Å². The Kier molecular flexibility index (Phi) is 3.58. The Hall–Kier alpha value is -2.41. The molecule has 7 nitrogen and oxygen atoms in total. The monoisotopic (exact) mass is 303 g/mol. The van der Waals surface area contributed by atoms with Gasteiger partial charge >= 0.3 is 6.03 Å². The van der Waals surface area contributed by atoms with E-state index in [4.69, 9.17) is 5.21 Å². The Morgan fingerprint density at radius 3 is 2.91 bits per heavy atom. The molecule has 0 saturated carbocycles. The fourth-order valence-electron chi connectivity index (χ4n) is 3.28. The number of urea groups is 1. The summed E-state index contributed by atoms with van der Waals surface area (Å²) in [6.07, 6.45) is 2.12. The normalized spacial score (nSPS) is 23.4. The number of hydrogen-bond donors (Lipinski definition) is 3. The first-order valence-corrected chi connectivity index (χ1v) is 7.24. The van der Waals surface area contributed by atoms with Gasteiger partial charge in [0.15, 0.2) is 0 Å². The molecule has 1 heterocycles. The summed E-state index contributed by atoms with van der Waals surface area (Å²) in [6, 6.07) is 7.12. The number of amides is 4. The van der Waals surface area contributed by atoms with E-state index in [0.29, 0.717) is 6.42 Å². The lowest BCUT2D eigenvalue weighted by atomic mass is 9.76. The summed E-state index contributed by atoms with van der Waals surface area (Å²) >= 11 is 0. The highest BCUT2D eigenvalue weighted by Crippen LogP contribution is 2.39. The average Bonchev–Trinajstić information content (AvgIpc) is 2.77. The Morgan fingerprint density at radius 1 is 1.36 bits per heavy atom. The van der Waals surface area contributed by atoms with Crippen molar-refractivity contribution in [3.8, 4) is 0 Å². The lowest BCUT2D eigenvalue weighted by molar-refractivity contribution is -0.133. The van der Waals surface area contributed by atoms with Crippen LogP contribution in [0, 0.1) is 0 Å². The lowest BCUT2D eigenvalue weighted by Gasteiger charge is -2.33. The van der Waals surface area contributed by atoms with Gasteiger partial charge in [0.25, 0.3) is 5.91 Å². The van der Waals surface area contributed by atoms with E-state index in [2.05, 4.69) is 5.32 Å². The van der Waals surface area contributed by atoms with Gasteiger partial charge in [0, 0.05) is 13.0 Å². The number of nitrogens with one attached hydrogen (secondary N) is 2. The smallest absolute Gasteiger partial charge is 0.319 e. The number of aryl methyl sites for hydroxylation is 1. The molecular formula is C15H17N3O4. The van der Waals surface area contributed by atoms with E-state index < -0.39 is 17.5 Å². The maximum absolute atomic E-state index is 12.8. The third kappa shape index (κ3) is 2.14. The number of imide groups is 1. The largest absolute Gasteiger partial charge is 0.325 e. The number of carbonyl (C=O) groups excluding carboxylic acids is 3. The molecule has 1 saturated heterocycles. The number of fused-ring (bicyclic) bond motifs is 2. The van der Waals surface area contributed by atoms with Crippen molar-refractivity contribution in [3.63, 3.8) is 0 Å². The number of rotatable bonds is 3. The van der Waals surface area contributed by atoms with Gasteiger partial charge in [0.1, 0.15) is 5.54 Å². The lowest BCUT2D eigenvalue weighted by Crippen LogP contribution is -2.46. The molecular weight excluding hydrogens is 286 g/mol. The van der Waals surface area contributed by atoms with E-state index >= 15 is 0 Å². The highest BCUT2D eigenvalue weighted by molar-refractivity contribution is 6.08. The second kappa shape index (κ2) is 5.42. The van der Waals surface area contributed by atoms with Gasteiger partial charge in [0.2, 0.25) is 5.91 Å². The van der Waals surface area contributed by atoms with Crippen LogP contribution >= 0.6 is 0 Å². The van der Waals surface area contributed by atoms with Gasteiger partial charge in [-0.3, -0.25) is 19.7 Å². The van der Waals surface area contributed by atoms with E-state index in [0.717, 1.165) is 28.9 Å². The molecule has 0 radical (unpaired) electrons. The Morgan fingerprint density at radius 2 is 2.14 bits per heavy atom. The topological polar surface area (TPSA) is 98.7 Å². The minimum atomic E-state index is -1.01. The first-order chi connectivity index (χ1) is 10.6. The predicted octanol–water partition coefficient (Wildman–Crippen LogP) is 0.665. The van der Waals surface area contributed by atoms with Crippen LogP contribution in [0.1, 0.15) is 30.4 Å². The summed E-state index contributed by atoms with van der Waals surface area (Å²) in [4.78, 5) is 37.1. The van der Waals surface area contributed by atoms with Gasteiger partial charge in [-0.1, -0.05) is 24.3 Å². The number of carbonyl (C=O) groups is 3. The highest BCUT2D eigenvalue weighted by atomic mass is 16.5. The molecule has 1 unspecified atom stereocenters. The van der Waals surface area contributed by atoms with Crippen LogP contribution in [0.5, 0.6) is 0 Å². The van der Waals surface area contributed by atoms with Crippen molar-refractivity contribution in [1.29, 1.82) is 0 Å². The number of hydrogen-bond acceptors (Lipinski definition) is 4. The molecule has 1 fully saturated rings. The summed E-state index contributed by atoms with van der Waals surface area (Å²) in [5.74, 6) is -0.957. The van der Waals surface area contributed by atoms with Crippen LogP contribution in [0.2, 0.25) is 0 Å². The van der Waals surface area contributed by atoms with Crippen LogP contribution in [0.3, 0.4) is 0 Å². The highest BCUT2D eigenvalue weighted by Gasteiger charge is 2.53. The molecule has 1 aliphatic heterocycles. The van der Waals surface area contributed by atoms with E-state index in [-0.39, 0.29) is 18.9 Å². The van der Waals surface area contributed by atoms with Gasteiger partial charge in [-0.05, 0) is 30.4 Å². The van der Waals surface area contributed by atoms with Gasteiger partial charge in [-0.25, -0.2) is 10.3 Å². The summed E-state index contributed by atoms with van der Waals surface area (Å²) in [5.41, 5.74) is 2.39. The van der Waals surface area contributed by atoms with Gasteiger partial charge in [-0.15, -0.1) is 0 Å². The van der Waals surface area contributed by atoms with Crippen molar-refractivity contribution >= 4 is 17.8 Å². The molecule has 116 valence electrons. The van der Waals surface area contributed by atoms with E-state index in [9.17, 15) is 14.4 Å². The summed E-state index contributed by atoms with van der Waals surface area (Å²) < 4.78 is 0. The molecule has 1 spiro atoms. The summed E-state index contributed by atoms with van der Waals surface area (Å²) in [5, 5.41) is 11.3. The van der Waals surface area contributed by atoms with E-state index in [1.807, 2.05) is 24.3 Å². The van der Waals surface area contributed by atoms with Crippen LogP contribution in [0.4, 0.5) is 4.79 Å². The number of nitrogens with zero attached hydrogens (tertiary/aromatic N) is 1. The fourth-order valence-corrected chi connectivity index (χ4v) is 3.28. The predicted molar refractivity (Wildman–Crippen MR) is 75.8 cm³/mol. The number of benzene rings is 1. The Labute approximate surface area is 127 Å². The maximum atomic E-state index is 12.8. The molecule has 4 amide bonds. The SMILES string of the molecule is O=C(CCN1C(=O)NC2(CCCc3ccccc32)C1=O)NO. The van der Waals surface area contributed by atoms with E-state index in [1.165, 1.54) is 5.48 Å². The Balaban J connectivity index is 1.89. The fraction of sp³-hybridized carbons (Fsp3) is 0.400. The summed E-state index contributed by atoms with van der Waals surface area (Å²) in [6.45, 7) is -0.0546. The van der Waals surface area contributed by atoms with Crippen molar-refractivity contribution < 1.29 is 19.6 Å². The molecule has 7 heteroatoms. The standard InChI is InChI=1S/C15H17N3O4/c19-12(17-22)7-9-18-13(20)15(16-14(18)21)8-3-5-10-4-1-2-6-11(10)15/h1-2,4,6,22H,3,5,7-9H2,(H,16,21)(H,17,19). The van der Waals surface area contributed by atoms with Gasteiger partial charge < -0.3 is 5.32 Å². The number of hydroxylamine groups is 1. The molecule has 2 aliphatic rings. The average molecular weight is 303 g/mol. The van der Waals surface area contributed by atoms with Crippen molar-refractivity contribution in [2.75, 3.05) is 6.54 Å². The summed E-state index contributed by atoms with van der Waals surface area (Å²) in [7, 11) is 0. The molecule has 0 aromatic heterocycles. The zero-order valence-corrected chi connectivity index (χ0v) is 12.0. The Bertz CT molecular complexity index is 645. The minimum absolute atomic E-state index is 0.0546. The van der Waals surface area contributed by atoms with Gasteiger partial charge in [-0.2, -0.15) is 0 Å². The molecule has 0 bridgehead atoms. The molecule has 3 N–H and O–H groups in total. The third-order valence-corrected chi connectivity index (χ3v) is 4.34. The van der Waals surface area contributed by atoms with Crippen LogP contribution in [-0.4, -0.2) is 34.5 Å². The second-order valence-electron chi connectivity index (χ2n) is 5.59. The maximum Gasteiger partial charge on any atom is 0.325 e. The first-order valence-electron chi connectivity index (χ1n) is 7.24. The second-order valence-corrected chi connectivity index (χ2v) is 5.59. The molecule has 1 aromatic rings. The van der Waals surface area contributed by atoms with Crippen LogP contribution in [0.15, 0.2) is 24.3 Å². The molecule has 1 aromatic carbocycles. The van der Waals surface area contributed by atoms with Crippen LogP contribution in [-0.2, 0) is 21.5 Å². The molecule has 1 aliphatic carbocycles.